The number of piperidine rings is 1. The van der Waals surface area contributed by atoms with Crippen molar-refractivity contribution < 1.29 is 15.0 Å². The zero-order valence-electron chi connectivity index (χ0n) is 16.9. The first-order valence-electron chi connectivity index (χ1n) is 10.9. The Hall–Kier alpha value is -0.610. The minimum atomic E-state index is -0.305. The van der Waals surface area contributed by atoms with Gasteiger partial charge in [-0.2, -0.15) is 0 Å². The standard InChI is InChI=1S/C22H37NO3/c1-5-23-18-9-6-14-16-8-7-15(13(2)24)22(16,4)12-17(25)20(14)21(18,3)11-10-19(23)26/h13-18,20,24-25H,5-12H2,1-4H3/t13-,14?,15-,16?,17+,18?,20?,21+,22-/m1/s1. The third-order valence-electron chi connectivity index (χ3n) is 9.32. The summed E-state index contributed by atoms with van der Waals surface area (Å²) in [7, 11) is 0. The fraction of sp³-hybridized carbons (Fsp3) is 0.955. The molecular formula is C22H37NO3. The van der Waals surface area contributed by atoms with E-state index >= 15 is 0 Å². The zero-order valence-corrected chi connectivity index (χ0v) is 16.9. The monoisotopic (exact) mass is 363 g/mol. The summed E-state index contributed by atoms with van der Waals surface area (Å²) in [4.78, 5) is 14.6. The summed E-state index contributed by atoms with van der Waals surface area (Å²) in [5, 5.41) is 21.7. The van der Waals surface area contributed by atoms with Crippen molar-refractivity contribution in [2.45, 2.75) is 90.9 Å². The molecule has 3 saturated carbocycles. The van der Waals surface area contributed by atoms with Gasteiger partial charge in [-0.3, -0.25) is 4.79 Å². The van der Waals surface area contributed by atoms with E-state index in [1.54, 1.807) is 0 Å². The maximum Gasteiger partial charge on any atom is 0.222 e. The number of rotatable bonds is 2. The van der Waals surface area contributed by atoms with E-state index in [0.29, 0.717) is 42.0 Å². The van der Waals surface area contributed by atoms with Crippen molar-refractivity contribution in [2.24, 2.45) is 34.5 Å². The second-order valence-electron chi connectivity index (χ2n) is 10.3. The van der Waals surface area contributed by atoms with Gasteiger partial charge < -0.3 is 15.1 Å². The highest BCUT2D eigenvalue weighted by molar-refractivity contribution is 5.77. The van der Waals surface area contributed by atoms with Gasteiger partial charge in [0.15, 0.2) is 0 Å². The first-order chi connectivity index (χ1) is 12.2. The molecule has 3 aliphatic carbocycles. The fourth-order valence-electron chi connectivity index (χ4n) is 8.35. The molecule has 1 saturated heterocycles. The summed E-state index contributed by atoms with van der Waals surface area (Å²) in [5.41, 5.74) is 0.101. The molecule has 26 heavy (non-hydrogen) atoms. The largest absolute Gasteiger partial charge is 0.393 e. The van der Waals surface area contributed by atoms with E-state index in [1.807, 2.05) is 6.92 Å². The number of likely N-dealkylation sites (tertiary alicyclic amines) is 1. The average Bonchev–Trinajstić information content (AvgIpc) is 2.91. The van der Waals surface area contributed by atoms with E-state index in [9.17, 15) is 15.0 Å². The van der Waals surface area contributed by atoms with Gasteiger partial charge in [0.05, 0.1) is 12.2 Å². The van der Waals surface area contributed by atoms with Crippen LogP contribution in [0.3, 0.4) is 0 Å². The van der Waals surface area contributed by atoms with E-state index in [0.717, 1.165) is 38.6 Å². The SMILES string of the molecule is CCN1C(=O)CC[C@]2(C)C3C(CCC12)C1CC[C@H]([C@@H](C)O)[C@@]1(C)C[C@@H]3O. The Morgan fingerprint density at radius 3 is 2.58 bits per heavy atom. The molecule has 0 radical (unpaired) electrons. The van der Waals surface area contributed by atoms with Crippen molar-refractivity contribution in [1.29, 1.82) is 0 Å². The molecule has 4 aliphatic rings. The van der Waals surface area contributed by atoms with Crippen LogP contribution in [0.15, 0.2) is 0 Å². The first-order valence-corrected chi connectivity index (χ1v) is 10.9. The van der Waals surface area contributed by atoms with Gasteiger partial charge >= 0.3 is 0 Å². The summed E-state index contributed by atoms with van der Waals surface area (Å²) in [6.45, 7) is 9.50. The van der Waals surface area contributed by atoms with Crippen molar-refractivity contribution in [3.8, 4) is 0 Å². The van der Waals surface area contributed by atoms with Gasteiger partial charge in [0.25, 0.3) is 0 Å². The van der Waals surface area contributed by atoms with Crippen LogP contribution in [-0.2, 0) is 4.79 Å². The molecule has 4 fully saturated rings. The van der Waals surface area contributed by atoms with Crippen molar-refractivity contribution in [1.82, 2.24) is 4.90 Å². The van der Waals surface area contributed by atoms with Gasteiger partial charge in [0.2, 0.25) is 5.91 Å². The number of amides is 1. The number of aliphatic hydroxyl groups excluding tert-OH is 2. The van der Waals surface area contributed by atoms with Crippen LogP contribution in [0.25, 0.3) is 0 Å². The number of aliphatic hydroxyl groups is 2. The van der Waals surface area contributed by atoms with Crippen LogP contribution in [0.5, 0.6) is 0 Å². The van der Waals surface area contributed by atoms with Crippen LogP contribution in [0.2, 0.25) is 0 Å². The molecule has 0 aromatic heterocycles. The zero-order chi connectivity index (χ0) is 18.9. The van der Waals surface area contributed by atoms with E-state index in [2.05, 4.69) is 25.7 Å². The molecule has 9 atom stereocenters. The molecular weight excluding hydrogens is 326 g/mol. The van der Waals surface area contributed by atoms with Gasteiger partial charge in [-0.25, -0.2) is 0 Å². The number of fused-ring (bicyclic) bond motifs is 5. The van der Waals surface area contributed by atoms with Gasteiger partial charge in [0, 0.05) is 19.0 Å². The van der Waals surface area contributed by atoms with Crippen molar-refractivity contribution in [2.75, 3.05) is 6.54 Å². The predicted octanol–water partition coefficient (Wildman–Crippen LogP) is 3.21. The topological polar surface area (TPSA) is 60.8 Å². The van der Waals surface area contributed by atoms with E-state index in [4.69, 9.17) is 0 Å². The number of carbonyl (C=O) groups is 1. The Bertz CT molecular complexity index is 578. The molecule has 2 N–H and O–H groups in total. The predicted molar refractivity (Wildman–Crippen MR) is 101 cm³/mol. The van der Waals surface area contributed by atoms with Crippen LogP contribution in [0, 0.1) is 34.5 Å². The number of hydrogen-bond donors (Lipinski definition) is 2. The molecule has 1 amide bonds. The Balaban J connectivity index is 1.68. The molecule has 4 nitrogen and oxygen atoms in total. The molecule has 4 rings (SSSR count). The lowest BCUT2D eigenvalue weighted by atomic mass is 9.45. The lowest BCUT2D eigenvalue weighted by Gasteiger charge is -2.63. The minimum Gasteiger partial charge on any atom is -0.393 e. The number of carbonyl (C=O) groups excluding carboxylic acids is 1. The van der Waals surface area contributed by atoms with Crippen LogP contribution in [0.1, 0.15) is 72.6 Å². The lowest BCUT2D eigenvalue weighted by Crippen LogP contribution is -2.65. The van der Waals surface area contributed by atoms with Crippen LogP contribution in [-0.4, -0.2) is 45.8 Å². The maximum absolute atomic E-state index is 12.5. The number of hydrogen-bond acceptors (Lipinski definition) is 3. The molecule has 148 valence electrons. The van der Waals surface area contributed by atoms with E-state index < -0.39 is 0 Å². The molecule has 0 spiro atoms. The Morgan fingerprint density at radius 1 is 1.19 bits per heavy atom. The van der Waals surface area contributed by atoms with Crippen molar-refractivity contribution >= 4 is 5.91 Å². The highest BCUT2D eigenvalue weighted by atomic mass is 16.3. The van der Waals surface area contributed by atoms with Gasteiger partial charge in [0.1, 0.15) is 0 Å². The van der Waals surface area contributed by atoms with E-state index in [1.165, 1.54) is 6.42 Å². The number of nitrogens with zero attached hydrogens (tertiary/aromatic N) is 1. The fourth-order valence-corrected chi connectivity index (χ4v) is 8.35. The van der Waals surface area contributed by atoms with Crippen LogP contribution < -0.4 is 0 Å². The second-order valence-corrected chi connectivity index (χ2v) is 10.3. The van der Waals surface area contributed by atoms with Crippen molar-refractivity contribution in [3.63, 3.8) is 0 Å². The molecule has 1 heterocycles. The first kappa shape index (κ1) is 18.7. The van der Waals surface area contributed by atoms with E-state index in [-0.39, 0.29) is 23.0 Å². The molecule has 1 aliphatic heterocycles. The van der Waals surface area contributed by atoms with Crippen molar-refractivity contribution in [3.05, 3.63) is 0 Å². The third kappa shape index (κ3) is 2.37. The summed E-state index contributed by atoms with van der Waals surface area (Å²) < 4.78 is 0. The lowest BCUT2D eigenvalue weighted by molar-refractivity contribution is -0.188. The highest BCUT2D eigenvalue weighted by Gasteiger charge is 2.64. The van der Waals surface area contributed by atoms with Gasteiger partial charge in [-0.05, 0) is 86.9 Å². The Kier molecular flexibility index (Phi) is 4.47. The molecule has 4 heteroatoms. The molecule has 4 unspecified atom stereocenters. The smallest absolute Gasteiger partial charge is 0.222 e. The normalized spacial score (nSPS) is 52.2. The van der Waals surface area contributed by atoms with Crippen LogP contribution in [0.4, 0.5) is 0 Å². The Labute approximate surface area is 158 Å². The summed E-state index contributed by atoms with van der Waals surface area (Å²) in [6.07, 6.45) is 6.27. The maximum atomic E-state index is 12.5. The molecule has 0 aromatic rings. The molecule has 0 aromatic carbocycles. The van der Waals surface area contributed by atoms with Gasteiger partial charge in [-0.15, -0.1) is 0 Å². The summed E-state index contributed by atoms with van der Waals surface area (Å²) in [5.74, 6) is 2.07. The van der Waals surface area contributed by atoms with Gasteiger partial charge in [-0.1, -0.05) is 13.8 Å². The summed E-state index contributed by atoms with van der Waals surface area (Å²) >= 11 is 0. The highest BCUT2D eigenvalue weighted by Crippen LogP contribution is 2.66. The Morgan fingerprint density at radius 2 is 1.92 bits per heavy atom. The quantitative estimate of drug-likeness (QED) is 0.792. The second kappa shape index (κ2) is 6.20. The average molecular weight is 364 g/mol. The third-order valence-corrected chi connectivity index (χ3v) is 9.32. The minimum absolute atomic E-state index is 0.0382. The van der Waals surface area contributed by atoms with Crippen LogP contribution >= 0.6 is 0 Å². The molecule has 0 bridgehead atoms. The summed E-state index contributed by atoms with van der Waals surface area (Å²) in [6, 6.07) is 0.294.